The molecule has 0 saturated carbocycles. The molecule has 1 amide bonds. The average molecular weight is 270 g/mol. The molecule has 0 aliphatic rings. The molecule has 0 radical (unpaired) electrons. The van der Waals surface area contributed by atoms with E-state index in [0.717, 1.165) is 0 Å². The Hall–Kier alpha value is -2.69. The zero-order chi connectivity index (χ0) is 14.5. The van der Waals surface area contributed by atoms with E-state index in [1.165, 1.54) is 14.0 Å². The molecule has 2 aromatic rings. The first-order valence-corrected chi connectivity index (χ1v) is 6.03. The predicted molar refractivity (Wildman–Crippen MR) is 75.2 cm³/mol. The normalized spacial score (nSPS) is 9.90. The summed E-state index contributed by atoms with van der Waals surface area (Å²) in [7, 11) is 1.46. The van der Waals surface area contributed by atoms with E-state index in [1.807, 2.05) is 0 Å². The monoisotopic (exact) mass is 270 g/mol. The van der Waals surface area contributed by atoms with Gasteiger partial charge < -0.3 is 10.1 Å². The van der Waals surface area contributed by atoms with Gasteiger partial charge in [-0.2, -0.15) is 0 Å². The van der Waals surface area contributed by atoms with Crippen LogP contribution < -0.4 is 10.1 Å². The maximum atomic E-state index is 12.1. The smallest absolute Gasteiger partial charge is 0.261 e. The Morgan fingerprint density at radius 2 is 1.85 bits per heavy atom. The van der Waals surface area contributed by atoms with Gasteiger partial charge in [0.1, 0.15) is 5.56 Å². The number of anilines is 1. The molecule has 1 N–H and O–H groups in total. The van der Waals surface area contributed by atoms with E-state index in [0.29, 0.717) is 16.8 Å². The molecule has 102 valence electrons. The number of ketones is 1. The summed E-state index contributed by atoms with van der Waals surface area (Å²) < 4.78 is 5.04. The van der Waals surface area contributed by atoms with Gasteiger partial charge in [-0.25, -0.2) is 4.98 Å². The molecule has 0 saturated heterocycles. The highest BCUT2D eigenvalue weighted by Gasteiger charge is 2.12. The number of hydrogen-bond donors (Lipinski definition) is 1. The van der Waals surface area contributed by atoms with Crippen LogP contribution in [0.25, 0.3) is 0 Å². The van der Waals surface area contributed by atoms with Crippen LogP contribution in [0.1, 0.15) is 27.6 Å². The number of nitrogens with zero attached hydrogens (tertiary/aromatic N) is 1. The van der Waals surface area contributed by atoms with Crippen LogP contribution in [0.5, 0.6) is 5.88 Å². The first-order chi connectivity index (χ1) is 9.61. The van der Waals surface area contributed by atoms with E-state index in [1.54, 1.807) is 42.6 Å². The molecule has 0 fully saturated rings. The third-order valence-electron chi connectivity index (χ3n) is 2.76. The standard InChI is InChI=1S/C15H14N2O3/c1-10(18)11-5-7-12(8-6-11)17-14(19)13-4-3-9-16-15(13)20-2/h3-9H,1-2H3,(H,17,19). The quantitative estimate of drug-likeness (QED) is 0.867. The Kier molecular flexibility index (Phi) is 4.10. The largest absolute Gasteiger partial charge is 0.480 e. The number of carbonyl (C=O) groups excluding carboxylic acids is 2. The zero-order valence-corrected chi connectivity index (χ0v) is 11.2. The van der Waals surface area contributed by atoms with Gasteiger partial charge in [0.2, 0.25) is 5.88 Å². The number of pyridine rings is 1. The van der Waals surface area contributed by atoms with Gasteiger partial charge in [-0.15, -0.1) is 0 Å². The van der Waals surface area contributed by atoms with Gasteiger partial charge in [0.25, 0.3) is 5.91 Å². The molecule has 0 aliphatic heterocycles. The van der Waals surface area contributed by atoms with Crippen LogP contribution in [0, 0.1) is 0 Å². The lowest BCUT2D eigenvalue weighted by molar-refractivity contribution is 0.101. The molecule has 0 bridgehead atoms. The van der Waals surface area contributed by atoms with Gasteiger partial charge in [-0.3, -0.25) is 9.59 Å². The van der Waals surface area contributed by atoms with E-state index in [4.69, 9.17) is 4.74 Å². The lowest BCUT2D eigenvalue weighted by Gasteiger charge is -2.08. The third-order valence-corrected chi connectivity index (χ3v) is 2.76. The Bertz CT molecular complexity index is 636. The summed E-state index contributed by atoms with van der Waals surface area (Å²) in [6.07, 6.45) is 1.55. The van der Waals surface area contributed by atoms with Gasteiger partial charge in [-0.1, -0.05) is 0 Å². The average Bonchev–Trinajstić information content (AvgIpc) is 2.47. The van der Waals surface area contributed by atoms with Crippen molar-refractivity contribution in [2.75, 3.05) is 12.4 Å². The number of rotatable bonds is 4. The second-order valence-electron chi connectivity index (χ2n) is 4.15. The van der Waals surface area contributed by atoms with Crippen LogP contribution in [0.15, 0.2) is 42.6 Å². The van der Waals surface area contributed by atoms with Crippen LogP contribution in [0.3, 0.4) is 0 Å². The minimum Gasteiger partial charge on any atom is -0.480 e. The molecule has 2 rings (SSSR count). The number of hydrogen-bond acceptors (Lipinski definition) is 4. The molecule has 0 unspecified atom stereocenters. The summed E-state index contributed by atoms with van der Waals surface area (Å²) in [5, 5.41) is 2.73. The van der Waals surface area contributed by atoms with E-state index < -0.39 is 0 Å². The number of amides is 1. The van der Waals surface area contributed by atoms with Crippen molar-refractivity contribution in [3.63, 3.8) is 0 Å². The van der Waals surface area contributed by atoms with E-state index >= 15 is 0 Å². The van der Waals surface area contributed by atoms with Crippen molar-refractivity contribution < 1.29 is 14.3 Å². The van der Waals surface area contributed by atoms with Gasteiger partial charge in [0.05, 0.1) is 7.11 Å². The maximum Gasteiger partial charge on any atom is 0.261 e. The van der Waals surface area contributed by atoms with Gasteiger partial charge in [-0.05, 0) is 43.3 Å². The molecule has 5 heteroatoms. The van der Waals surface area contributed by atoms with Crippen LogP contribution in [-0.4, -0.2) is 23.8 Å². The minimum atomic E-state index is -0.314. The number of ether oxygens (including phenoxy) is 1. The van der Waals surface area contributed by atoms with Crippen LogP contribution >= 0.6 is 0 Å². The van der Waals surface area contributed by atoms with Crippen LogP contribution in [-0.2, 0) is 0 Å². The van der Waals surface area contributed by atoms with Gasteiger partial charge in [0.15, 0.2) is 5.78 Å². The van der Waals surface area contributed by atoms with Crippen LogP contribution in [0.2, 0.25) is 0 Å². The summed E-state index contributed by atoms with van der Waals surface area (Å²) in [6.45, 7) is 1.49. The van der Waals surface area contributed by atoms with Crippen molar-refractivity contribution >= 4 is 17.4 Å². The predicted octanol–water partition coefficient (Wildman–Crippen LogP) is 2.55. The molecule has 0 atom stereocenters. The maximum absolute atomic E-state index is 12.1. The second-order valence-corrected chi connectivity index (χ2v) is 4.15. The fourth-order valence-electron chi connectivity index (χ4n) is 1.71. The summed E-state index contributed by atoms with van der Waals surface area (Å²) in [6, 6.07) is 9.98. The SMILES string of the molecule is COc1ncccc1C(=O)Nc1ccc(C(C)=O)cc1. The Morgan fingerprint density at radius 1 is 1.15 bits per heavy atom. The lowest BCUT2D eigenvalue weighted by atomic mass is 10.1. The Balaban J connectivity index is 2.17. The van der Waals surface area contributed by atoms with E-state index in [2.05, 4.69) is 10.3 Å². The molecule has 0 spiro atoms. The number of aromatic nitrogens is 1. The molecule has 1 aromatic carbocycles. The number of carbonyl (C=O) groups is 2. The first kappa shape index (κ1) is 13.7. The molecule has 1 aromatic heterocycles. The third kappa shape index (κ3) is 3.00. The number of methoxy groups -OCH3 is 1. The highest BCUT2D eigenvalue weighted by atomic mass is 16.5. The van der Waals surface area contributed by atoms with E-state index in [9.17, 15) is 9.59 Å². The lowest BCUT2D eigenvalue weighted by Crippen LogP contribution is -2.13. The van der Waals surface area contributed by atoms with E-state index in [-0.39, 0.29) is 17.6 Å². The number of Topliss-reactive ketones (excluding diaryl/α,β-unsaturated/α-hetero) is 1. The topological polar surface area (TPSA) is 68.3 Å². The molecule has 0 aliphatic carbocycles. The second kappa shape index (κ2) is 5.97. The molecular formula is C15H14N2O3. The zero-order valence-electron chi connectivity index (χ0n) is 11.2. The van der Waals surface area contributed by atoms with Crippen molar-refractivity contribution in [2.24, 2.45) is 0 Å². The summed E-state index contributed by atoms with van der Waals surface area (Å²) in [5.41, 5.74) is 1.55. The molecule has 1 heterocycles. The highest BCUT2D eigenvalue weighted by Crippen LogP contribution is 2.17. The molecule has 20 heavy (non-hydrogen) atoms. The fraction of sp³-hybridized carbons (Fsp3) is 0.133. The van der Waals surface area contributed by atoms with Crippen molar-refractivity contribution in [2.45, 2.75) is 6.92 Å². The fourth-order valence-corrected chi connectivity index (χ4v) is 1.71. The highest BCUT2D eigenvalue weighted by molar-refractivity contribution is 6.06. The number of benzene rings is 1. The van der Waals surface area contributed by atoms with Crippen LogP contribution in [0.4, 0.5) is 5.69 Å². The van der Waals surface area contributed by atoms with Crippen molar-refractivity contribution in [1.29, 1.82) is 0 Å². The molecular weight excluding hydrogens is 256 g/mol. The van der Waals surface area contributed by atoms with Gasteiger partial charge >= 0.3 is 0 Å². The van der Waals surface area contributed by atoms with Crippen molar-refractivity contribution in [1.82, 2.24) is 4.98 Å². The first-order valence-electron chi connectivity index (χ1n) is 6.03. The summed E-state index contributed by atoms with van der Waals surface area (Å²) >= 11 is 0. The summed E-state index contributed by atoms with van der Waals surface area (Å²) in [4.78, 5) is 27.3. The van der Waals surface area contributed by atoms with Crippen molar-refractivity contribution in [3.8, 4) is 5.88 Å². The van der Waals surface area contributed by atoms with Crippen molar-refractivity contribution in [3.05, 3.63) is 53.7 Å². The summed E-state index contributed by atoms with van der Waals surface area (Å²) in [5.74, 6) is -0.0623. The Morgan fingerprint density at radius 3 is 2.45 bits per heavy atom. The molecule has 5 nitrogen and oxygen atoms in total. The Labute approximate surface area is 116 Å². The minimum absolute atomic E-state index is 0.0168. The van der Waals surface area contributed by atoms with Gasteiger partial charge in [0, 0.05) is 17.4 Å². The number of nitrogens with one attached hydrogen (secondary N) is 1.